The smallest absolute Gasteiger partial charge is 0.224 e. The molecule has 2 rings (SSSR count). The topological polar surface area (TPSA) is 91.8 Å². The van der Waals surface area contributed by atoms with Gasteiger partial charge in [0, 0.05) is 11.8 Å². The number of carbonyl (C=O) groups is 1. The number of rotatable bonds is 3. The highest BCUT2D eigenvalue weighted by molar-refractivity contribution is 6.28. The zero-order valence-corrected chi connectivity index (χ0v) is 11.9. The first kappa shape index (κ1) is 14.0. The monoisotopic (exact) mass is 290 g/mol. The molecule has 0 bridgehead atoms. The number of hydrogen-bond donors (Lipinski definition) is 1. The normalized spacial score (nSPS) is 10.2. The summed E-state index contributed by atoms with van der Waals surface area (Å²) in [6.07, 6.45) is 0. The number of ketones is 1. The second-order valence-corrected chi connectivity index (χ2v) is 4.53. The van der Waals surface area contributed by atoms with E-state index in [0.29, 0.717) is 17.3 Å². The van der Waals surface area contributed by atoms with E-state index in [9.17, 15) is 10.1 Å². The molecule has 0 unspecified atom stereocenters. The van der Waals surface area contributed by atoms with E-state index in [1.165, 1.54) is 6.92 Å². The molecule has 0 aliphatic rings. The average molecular weight is 291 g/mol. The van der Waals surface area contributed by atoms with Gasteiger partial charge < -0.3 is 9.73 Å². The Bertz CT molecular complexity index is 710. The first-order chi connectivity index (χ1) is 9.42. The fraction of sp³-hybridized carbons (Fsp3) is 0.231. The van der Waals surface area contributed by atoms with Crippen LogP contribution in [-0.2, 0) is 0 Å². The molecule has 20 heavy (non-hydrogen) atoms. The molecular formula is C13H11ClN4O2. The third-order valence-corrected chi connectivity index (χ3v) is 2.79. The van der Waals surface area contributed by atoms with E-state index < -0.39 is 0 Å². The van der Waals surface area contributed by atoms with Crippen LogP contribution in [0.15, 0.2) is 10.5 Å². The molecule has 0 aliphatic heterocycles. The van der Waals surface area contributed by atoms with Gasteiger partial charge in [-0.25, -0.2) is 9.97 Å². The summed E-state index contributed by atoms with van der Waals surface area (Å²) in [7, 11) is 0. The number of aromatic nitrogens is 2. The molecule has 0 aromatic carbocycles. The molecule has 2 heterocycles. The van der Waals surface area contributed by atoms with Crippen LogP contribution in [0.4, 0.5) is 11.7 Å². The van der Waals surface area contributed by atoms with E-state index in [1.807, 2.05) is 6.07 Å². The van der Waals surface area contributed by atoms with Crippen molar-refractivity contribution in [3.05, 3.63) is 33.9 Å². The number of halogens is 1. The van der Waals surface area contributed by atoms with Crippen LogP contribution in [0.3, 0.4) is 0 Å². The lowest BCUT2D eigenvalue weighted by molar-refractivity contribution is 0.101. The number of Topliss-reactive ketones (excluding diaryl/α,β-unsaturated/α-hetero) is 1. The molecule has 0 aliphatic carbocycles. The minimum atomic E-state index is -0.229. The fourth-order valence-electron chi connectivity index (χ4n) is 1.88. The lowest BCUT2D eigenvalue weighted by Gasteiger charge is -2.03. The lowest BCUT2D eigenvalue weighted by Crippen LogP contribution is -1.99. The third-order valence-electron chi connectivity index (χ3n) is 2.62. The van der Waals surface area contributed by atoms with Crippen LogP contribution < -0.4 is 5.32 Å². The highest BCUT2D eigenvalue weighted by Crippen LogP contribution is 2.29. The number of carbonyl (C=O) groups excluding carboxylic acids is 1. The van der Waals surface area contributed by atoms with E-state index >= 15 is 0 Å². The van der Waals surface area contributed by atoms with Gasteiger partial charge in [0.2, 0.25) is 11.2 Å². The van der Waals surface area contributed by atoms with Gasteiger partial charge in [-0.2, -0.15) is 5.26 Å². The quantitative estimate of drug-likeness (QED) is 0.689. The summed E-state index contributed by atoms with van der Waals surface area (Å²) in [5.41, 5.74) is 1.09. The van der Waals surface area contributed by atoms with Gasteiger partial charge >= 0.3 is 0 Å². The molecule has 0 saturated heterocycles. The summed E-state index contributed by atoms with van der Waals surface area (Å²) in [6, 6.07) is 3.61. The zero-order valence-electron chi connectivity index (χ0n) is 11.1. The van der Waals surface area contributed by atoms with Crippen molar-refractivity contribution in [1.82, 2.24) is 9.97 Å². The van der Waals surface area contributed by atoms with Crippen molar-refractivity contribution in [1.29, 1.82) is 5.26 Å². The van der Waals surface area contributed by atoms with Gasteiger partial charge in [-0.1, -0.05) is 0 Å². The Hall–Kier alpha value is -2.39. The minimum absolute atomic E-state index is 0.0843. The molecule has 102 valence electrons. The van der Waals surface area contributed by atoms with Crippen LogP contribution in [-0.4, -0.2) is 15.8 Å². The van der Waals surface area contributed by atoms with Crippen molar-refractivity contribution in [2.45, 2.75) is 20.8 Å². The molecule has 6 nitrogen and oxygen atoms in total. The van der Waals surface area contributed by atoms with Crippen LogP contribution in [0, 0.1) is 25.2 Å². The maximum absolute atomic E-state index is 11.5. The summed E-state index contributed by atoms with van der Waals surface area (Å²) >= 11 is 5.76. The molecule has 0 radical (unpaired) electrons. The van der Waals surface area contributed by atoms with E-state index in [0.717, 1.165) is 0 Å². The van der Waals surface area contributed by atoms with Crippen LogP contribution in [0.25, 0.3) is 0 Å². The first-order valence-corrected chi connectivity index (χ1v) is 6.12. The summed E-state index contributed by atoms with van der Waals surface area (Å²) in [5, 5.41) is 12.1. The first-order valence-electron chi connectivity index (χ1n) is 5.75. The van der Waals surface area contributed by atoms with E-state index in [-0.39, 0.29) is 28.1 Å². The Kier molecular flexibility index (Phi) is 3.72. The Morgan fingerprint density at radius 2 is 2.15 bits per heavy atom. The van der Waals surface area contributed by atoms with Crippen LogP contribution >= 0.6 is 11.6 Å². The highest BCUT2D eigenvalue weighted by atomic mass is 35.5. The van der Waals surface area contributed by atoms with Crippen molar-refractivity contribution >= 4 is 29.1 Å². The molecule has 0 amide bonds. The van der Waals surface area contributed by atoms with Crippen molar-refractivity contribution in [2.75, 3.05) is 5.32 Å². The second kappa shape index (κ2) is 5.31. The molecule has 2 aromatic rings. The Balaban J connectivity index is 2.47. The number of aryl methyl sites for hydroxylation is 2. The number of anilines is 2. The van der Waals surface area contributed by atoms with Crippen LogP contribution in [0.2, 0.25) is 5.28 Å². The Labute approximate surface area is 120 Å². The van der Waals surface area contributed by atoms with Gasteiger partial charge in [0.05, 0.1) is 5.56 Å². The SMILES string of the molecule is CC(=O)c1c(C)oc(Nc2cc(C)nc(Cl)n2)c1C#N. The molecule has 0 atom stereocenters. The summed E-state index contributed by atoms with van der Waals surface area (Å²) in [5.74, 6) is 0.716. The van der Waals surface area contributed by atoms with E-state index in [2.05, 4.69) is 15.3 Å². The Morgan fingerprint density at radius 1 is 1.45 bits per heavy atom. The van der Waals surface area contributed by atoms with Gasteiger partial charge in [-0.05, 0) is 32.4 Å². The molecule has 0 fully saturated rings. The zero-order chi connectivity index (χ0) is 14.9. The minimum Gasteiger partial charge on any atom is -0.443 e. The molecular weight excluding hydrogens is 280 g/mol. The maximum atomic E-state index is 11.5. The van der Waals surface area contributed by atoms with Crippen molar-refractivity contribution in [3.63, 3.8) is 0 Å². The molecule has 7 heteroatoms. The number of nitrogens with one attached hydrogen (secondary N) is 1. The lowest BCUT2D eigenvalue weighted by atomic mass is 10.1. The largest absolute Gasteiger partial charge is 0.443 e. The summed E-state index contributed by atoms with van der Waals surface area (Å²) < 4.78 is 5.42. The number of nitrogens with zero attached hydrogens (tertiary/aromatic N) is 3. The number of furan rings is 1. The van der Waals surface area contributed by atoms with Crippen molar-refractivity contribution in [2.24, 2.45) is 0 Å². The number of nitriles is 1. The summed E-state index contributed by atoms with van der Waals surface area (Å²) in [4.78, 5) is 19.4. The standard InChI is InChI=1S/C13H11ClN4O2/c1-6-4-10(18-13(14)16-6)17-12-9(5-15)11(7(2)19)8(3)20-12/h4H,1-3H3,(H,16,17,18). The second-order valence-electron chi connectivity index (χ2n) is 4.19. The molecule has 0 saturated carbocycles. The molecule has 1 N–H and O–H groups in total. The van der Waals surface area contributed by atoms with Gasteiger partial charge in [0.25, 0.3) is 0 Å². The fourth-order valence-corrected chi connectivity index (χ4v) is 2.10. The maximum Gasteiger partial charge on any atom is 0.224 e. The highest BCUT2D eigenvalue weighted by Gasteiger charge is 2.21. The van der Waals surface area contributed by atoms with Gasteiger partial charge in [0.1, 0.15) is 23.2 Å². The average Bonchev–Trinajstić information content (AvgIpc) is 2.63. The predicted octanol–water partition coefficient (Wildman–Crippen LogP) is 3.16. The molecule has 2 aromatic heterocycles. The molecule has 0 spiro atoms. The van der Waals surface area contributed by atoms with Crippen LogP contribution in [0.5, 0.6) is 0 Å². The van der Waals surface area contributed by atoms with E-state index in [1.54, 1.807) is 19.9 Å². The van der Waals surface area contributed by atoms with Crippen molar-refractivity contribution in [3.8, 4) is 6.07 Å². The third kappa shape index (κ3) is 2.63. The van der Waals surface area contributed by atoms with E-state index in [4.69, 9.17) is 16.0 Å². The predicted molar refractivity (Wildman–Crippen MR) is 73.2 cm³/mol. The van der Waals surface area contributed by atoms with Gasteiger partial charge in [-0.3, -0.25) is 4.79 Å². The van der Waals surface area contributed by atoms with Gasteiger partial charge in [0.15, 0.2) is 5.78 Å². The van der Waals surface area contributed by atoms with Crippen LogP contribution in [0.1, 0.15) is 34.3 Å². The summed E-state index contributed by atoms with van der Waals surface area (Å²) in [6.45, 7) is 4.77. The number of hydrogen-bond acceptors (Lipinski definition) is 6. The van der Waals surface area contributed by atoms with Gasteiger partial charge in [-0.15, -0.1) is 0 Å². The Morgan fingerprint density at radius 3 is 2.70 bits per heavy atom. The van der Waals surface area contributed by atoms with Crippen molar-refractivity contribution < 1.29 is 9.21 Å².